The van der Waals surface area contributed by atoms with Crippen LogP contribution in [0, 0.1) is 0 Å². The summed E-state index contributed by atoms with van der Waals surface area (Å²) in [6, 6.07) is 0. The Balaban J connectivity index is 2.16. The van der Waals surface area contributed by atoms with Gasteiger partial charge in [0.25, 0.3) is 0 Å². The van der Waals surface area contributed by atoms with E-state index in [1.165, 1.54) is 6.20 Å². The highest BCUT2D eigenvalue weighted by Crippen LogP contribution is 2.30. The summed E-state index contributed by atoms with van der Waals surface area (Å²) in [4.78, 5) is 15.9. The molecule has 0 aromatic rings. The van der Waals surface area contributed by atoms with Gasteiger partial charge in [0.15, 0.2) is 5.78 Å². The van der Waals surface area contributed by atoms with Crippen molar-refractivity contribution in [1.29, 1.82) is 0 Å². The van der Waals surface area contributed by atoms with E-state index in [4.69, 9.17) is 0 Å². The van der Waals surface area contributed by atoms with Crippen LogP contribution in [0.3, 0.4) is 0 Å². The first kappa shape index (κ1) is 11.1. The van der Waals surface area contributed by atoms with Crippen molar-refractivity contribution in [3.8, 4) is 0 Å². The molecule has 2 rings (SSSR count). The van der Waals surface area contributed by atoms with Crippen molar-refractivity contribution in [2.24, 2.45) is 4.99 Å². The maximum atomic E-state index is 11.8. The molecule has 0 aromatic carbocycles. The molecule has 0 spiro atoms. The Bertz CT molecular complexity index is 370. The molecule has 86 valence electrons. The summed E-state index contributed by atoms with van der Waals surface area (Å²) in [5.41, 5.74) is -0.112. The van der Waals surface area contributed by atoms with Gasteiger partial charge in [0, 0.05) is 12.6 Å². The second kappa shape index (κ2) is 4.22. The lowest BCUT2D eigenvalue weighted by molar-refractivity contribution is -0.162. The van der Waals surface area contributed by atoms with Crippen LogP contribution in [0.1, 0.15) is 32.6 Å². The first-order valence-electron chi connectivity index (χ1n) is 5.57. The Morgan fingerprint density at radius 3 is 3.00 bits per heavy atom. The number of allylic oxidation sites excluding steroid dienone is 2. The zero-order valence-corrected chi connectivity index (χ0v) is 9.39. The molecule has 0 radical (unpaired) electrons. The van der Waals surface area contributed by atoms with Crippen LogP contribution >= 0.6 is 0 Å². The molecule has 4 heteroatoms. The standard InChI is InChI=1S/C12H16N2O2/c1-12(7-3-2-6-11(12)15)14(16)9-10-5-4-8-13-10/h4-5,8-9,16H,2-3,6-7H2,1H3/b10-9+. The lowest BCUT2D eigenvalue weighted by atomic mass is 9.82. The van der Waals surface area contributed by atoms with Gasteiger partial charge >= 0.3 is 0 Å². The predicted octanol–water partition coefficient (Wildman–Crippen LogP) is 2.06. The van der Waals surface area contributed by atoms with Crippen LogP contribution < -0.4 is 0 Å². The largest absolute Gasteiger partial charge is 0.297 e. The van der Waals surface area contributed by atoms with E-state index < -0.39 is 5.54 Å². The fourth-order valence-electron chi connectivity index (χ4n) is 2.06. The number of ketones is 1. The van der Waals surface area contributed by atoms with Gasteiger partial charge in [-0.2, -0.15) is 0 Å². The minimum atomic E-state index is -0.781. The second-order valence-electron chi connectivity index (χ2n) is 4.44. The first-order valence-corrected chi connectivity index (χ1v) is 5.57. The van der Waals surface area contributed by atoms with Crippen LogP contribution in [0.4, 0.5) is 0 Å². The summed E-state index contributed by atoms with van der Waals surface area (Å²) in [7, 11) is 0. The minimum Gasteiger partial charge on any atom is -0.297 e. The molecule has 4 nitrogen and oxygen atoms in total. The maximum Gasteiger partial charge on any atom is 0.160 e. The van der Waals surface area contributed by atoms with E-state index in [0.29, 0.717) is 18.5 Å². The number of carbonyl (C=O) groups is 1. The molecule has 0 aromatic heterocycles. The van der Waals surface area contributed by atoms with Gasteiger partial charge in [0.1, 0.15) is 5.54 Å². The Morgan fingerprint density at radius 2 is 2.38 bits per heavy atom. The third kappa shape index (κ3) is 1.93. The van der Waals surface area contributed by atoms with Crippen LogP contribution in [-0.4, -0.2) is 27.8 Å². The van der Waals surface area contributed by atoms with Crippen molar-refractivity contribution in [3.05, 3.63) is 24.0 Å². The molecule has 1 N–H and O–H groups in total. The maximum absolute atomic E-state index is 11.8. The average molecular weight is 220 g/mol. The summed E-state index contributed by atoms with van der Waals surface area (Å²) < 4.78 is 0. The van der Waals surface area contributed by atoms with Gasteiger partial charge < -0.3 is 0 Å². The van der Waals surface area contributed by atoms with E-state index in [1.807, 2.05) is 0 Å². The van der Waals surface area contributed by atoms with Crippen LogP contribution in [-0.2, 0) is 4.79 Å². The molecule has 1 heterocycles. The molecule has 0 amide bonds. The summed E-state index contributed by atoms with van der Waals surface area (Å²) in [6.45, 7) is 1.79. The number of hydrogen-bond acceptors (Lipinski definition) is 4. The van der Waals surface area contributed by atoms with Crippen LogP contribution in [0.25, 0.3) is 0 Å². The lowest BCUT2D eigenvalue weighted by Gasteiger charge is -2.37. The predicted molar refractivity (Wildman–Crippen MR) is 61.2 cm³/mol. The minimum absolute atomic E-state index is 0.101. The van der Waals surface area contributed by atoms with Crippen LogP contribution in [0.15, 0.2) is 29.0 Å². The van der Waals surface area contributed by atoms with Gasteiger partial charge in [0.05, 0.1) is 11.9 Å². The van der Waals surface area contributed by atoms with Gasteiger partial charge in [-0.1, -0.05) is 6.42 Å². The first-order chi connectivity index (χ1) is 7.63. The van der Waals surface area contributed by atoms with Crippen molar-refractivity contribution >= 4 is 12.0 Å². The number of carbonyl (C=O) groups excluding carboxylic acids is 1. The molecule has 2 aliphatic rings. The summed E-state index contributed by atoms with van der Waals surface area (Å²) >= 11 is 0. The van der Waals surface area contributed by atoms with Crippen molar-refractivity contribution < 1.29 is 10.0 Å². The molecule has 1 saturated carbocycles. The normalized spacial score (nSPS) is 31.4. The fourth-order valence-corrected chi connectivity index (χ4v) is 2.06. The van der Waals surface area contributed by atoms with Gasteiger partial charge in [-0.25, -0.2) is 5.06 Å². The fraction of sp³-hybridized carbons (Fsp3) is 0.500. The quantitative estimate of drug-likeness (QED) is 0.725. The van der Waals surface area contributed by atoms with Gasteiger partial charge in [-0.15, -0.1) is 0 Å². The summed E-state index contributed by atoms with van der Waals surface area (Å²) in [5.74, 6) is 0.101. The van der Waals surface area contributed by atoms with Crippen molar-refractivity contribution in [3.63, 3.8) is 0 Å². The monoisotopic (exact) mass is 220 g/mol. The van der Waals surface area contributed by atoms with E-state index in [9.17, 15) is 10.0 Å². The summed E-state index contributed by atoms with van der Waals surface area (Å²) in [5, 5.41) is 11.0. The zero-order chi connectivity index (χ0) is 11.6. The van der Waals surface area contributed by atoms with Crippen LogP contribution in [0.5, 0.6) is 0 Å². The Morgan fingerprint density at radius 1 is 1.56 bits per heavy atom. The third-order valence-electron chi connectivity index (χ3n) is 3.25. The highest BCUT2D eigenvalue weighted by Gasteiger charge is 2.39. The Kier molecular flexibility index (Phi) is 2.92. The van der Waals surface area contributed by atoms with Crippen LogP contribution in [0.2, 0.25) is 0 Å². The molecule has 1 aliphatic carbocycles. The lowest BCUT2D eigenvalue weighted by Crippen LogP contribution is -2.50. The zero-order valence-electron chi connectivity index (χ0n) is 9.39. The Hall–Kier alpha value is -1.42. The van der Waals surface area contributed by atoms with Crippen molar-refractivity contribution in [2.45, 2.75) is 38.1 Å². The average Bonchev–Trinajstić information content (AvgIpc) is 2.75. The number of aliphatic imine (C=N–C) groups is 1. The molecular formula is C12H16N2O2. The molecule has 0 bridgehead atoms. The Labute approximate surface area is 94.9 Å². The smallest absolute Gasteiger partial charge is 0.160 e. The summed E-state index contributed by atoms with van der Waals surface area (Å²) in [6.07, 6.45) is 9.91. The molecule has 0 saturated heterocycles. The third-order valence-corrected chi connectivity index (χ3v) is 3.25. The van der Waals surface area contributed by atoms with Gasteiger partial charge in [-0.05, 0) is 31.9 Å². The van der Waals surface area contributed by atoms with Crippen molar-refractivity contribution in [2.75, 3.05) is 0 Å². The number of Topliss-reactive ketones (excluding diaryl/α,β-unsaturated/α-hetero) is 1. The van der Waals surface area contributed by atoms with Gasteiger partial charge in [0.2, 0.25) is 0 Å². The van der Waals surface area contributed by atoms with E-state index in [-0.39, 0.29) is 5.78 Å². The molecule has 1 unspecified atom stereocenters. The highest BCUT2D eigenvalue weighted by atomic mass is 16.5. The number of nitrogens with zero attached hydrogens (tertiary/aromatic N) is 2. The van der Waals surface area contributed by atoms with E-state index in [2.05, 4.69) is 4.99 Å². The van der Waals surface area contributed by atoms with E-state index >= 15 is 0 Å². The van der Waals surface area contributed by atoms with E-state index in [0.717, 1.165) is 17.9 Å². The topological polar surface area (TPSA) is 52.9 Å². The second-order valence-corrected chi connectivity index (χ2v) is 4.44. The molecular weight excluding hydrogens is 204 g/mol. The molecule has 1 aliphatic heterocycles. The molecule has 16 heavy (non-hydrogen) atoms. The SMILES string of the molecule is CC1(N(O)/C=C2\C=CC=N2)CCCCC1=O. The van der Waals surface area contributed by atoms with Crippen molar-refractivity contribution in [1.82, 2.24) is 5.06 Å². The molecule has 1 fully saturated rings. The van der Waals surface area contributed by atoms with E-state index in [1.54, 1.807) is 25.3 Å². The molecule has 1 atom stereocenters. The highest BCUT2D eigenvalue weighted by molar-refractivity contribution is 5.88. The number of hydroxylamine groups is 2. The van der Waals surface area contributed by atoms with Gasteiger partial charge in [-0.3, -0.25) is 15.0 Å². The number of hydrogen-bond donors (Lipinski definition) is 1. The number of rotatable bonds is 2.